The lowest BCUT2D eigenvalue weighted by Crippen LogP contribution is -2.37. The Balaban J connectivity index is 2.30. The number of likely N-dealkylation sites (N-methyl/N-ethyl adjacent to an activating group) is 1. The van der Waals surface area contributed by atoms with Crippen LogP contribution in [0.5, 0.6) is 0 Å². The van der Waals surface area contributed by atoms with Crippen molar-refractivity contribution >= 4 is 5.69 Å². The van der Waals surface area contributed by atoms with Gasteiger partial charge in [-0.3, -0.25) is 0 Å². The molecule has 0 spiro atoms. The molecule has 1 rings (SSSR count). The first kappa shape index (κ1) is 18.0. The van der Waals surface area contributed by atoms with E-state index in [0.29, 0.717) is 0 Å². The second-order valence-corrected chi connectivity index (χ2v) is 5.45. The van der Waals surface area contributed by atoms with Crippen molar-refractivity contribution in [2.75, 3.05) is 50.7 Å². The quantitative estimate of drug-likeness (QED) is 0.597. The lowest BCUT2D eigenvalue weighted by Gasteiger charge is -2.25. The molecular formula is C18H33N3. The van der Waals surface area contributed by atoms with Crippen molar-refractivity contribution in [3.05, 3.63) is 30.3 Å². The van der Waals surface area contributed by atoms with Gasteiger partial charge in [0.05, 0.1) is 0 Å². The molecule has 1 aromatic carbocycles. The first-order chi connectivity index (χ1) is 10.3. The molecule has 0 bridgehead atoms. The molecule has 21 heavy (non-hydrogen) atoms. The van der Waals surface area contributed by atoms with E-state index in [1.165, 1.54) is 18.5 Å². The molecule has 0 aliphatic heterocycles. The summed E-state index contributed by atoms with van der Waals surface area (Å²) in [6.07, 6.45) is 2.51. The van der Waals surface area contributed by atoms with Crippen LogP contribution in [0.2, 0.25) is 0 Å². The minimum Gasteiger partial charge on any atom is -0.370 e. The zero-order chi connectivity index (χ0) is 15.3. The Morgan fingerprint density at radius 1 is 0.857 bits per heavy atom. The Morgan fingerprint density at radius 3 is 2.14 bits per heavy atom. The largest absolute Gasteiger partial charge is 0.370 e. The van der Waals surface area contributed by atoms with E-state index in [-0.39, 0.29) is 0 Å². The Bertz CT molecular complexity index is 336. The fraction of sp³-hybridized carbons (Fsp3) is 0.667. The van der Waals surface area contributed by atoms with Crippen LogP contribution in [0.25, 0.3) is 0 Å². The number of nitrogens with zero attached hydrogens (tertiary/aromatic N) is 2. The van der Waals surface area contributed by atoms with E-state index < -0.39 is 0 Å². The van der Waals surface area contributed by atoms with Crippen molar-refractivity contribution in [3.63, 3.8) is 0 Å². The standard InChI is InChI=1S/C18H33N3/c1-4-7-15-21(18-11-9-8-10-12-18)17-14-19-13-16-20(5-2)6-3/h8-12,19H,4-7,13-17H2,1-3H3. The number of para-hydroxylation sites is 1. The van der Waals surface area contributed by atoms with E-state index in [9.17, 15) is 0 Å². The maximum atomic E-state index is 3.58. The fourth-order valence-electron chi connectivity index (χ4n) is 2.47. The van der Waals surface area contributed by atoms with Crippen LogP contribution in [0.1, 0.15) is 33.6 Å². The van der Waals surface area contributed by atoms with Gasteiger partial charge >= 0.3 is 0 Å². The van der Waals surface area contributed by atoms with E-state index in [4.69, 9.17) is 0 Å². The van der Waals surface area contributed by atoms with Crippen LogP contribution >= 0.6 is 0 Å². The molecule has 3 heteroatoms. The average Bonchev–Trinajstić information content (AvgIpc) is 2.54. The van der Waals surface area contributed by atoms with Gasteiger partial charge in [0.15, 0.2) is 0 Å². The second-order valence-electron chi connectivity index (χ2n) is 5.45. The van der Waals surface area contributed by atoms with Gasteiger partial charge in [-0.25, -0.2) is 0 Å². The van der Waals surface area contributed by atoms with Gasteiger partial charge in [0.2, 0.25) is 0 Å². The van der Waals surface area contributed by atoms with Crippen molar-refractivity contribution < 1.29 is 0 Å². The van der Waals surface area contributed by atoms with Gasteiger partial charge in [-0.15, -0.1) is 0 Å². The normalized spacial score (nSPS) is 11.0. The highest BCUT2D eigenvalue weighted by Crippen LogP contribution is 2.13. The molecule has 1 aromatic rings. The molecule has 0 unspecified atom stereocenters. The minimum absolute atomic E-state index is 1.06. The smallest absolute Gasteiger partial charge is 0.0366 e. The van der Waals surface area contributed by atoms with Gasteiger partial charge in [-0.1, -0.05) is 45.4 Å². The maximum absolute atomic E-state index is 3.58. The summed E-state index contributed by atoms with van der Waals surface area (Å²) < 4.78 is 0. The molecule has 0 saturated heterocycles. The van der Waals surface area contributed by atoms with E-state index in [1.807, 2.05) is 0 Å². The summed E-state index contributed by atoms with van der Waals surface area (Å²) in [6.45, 7) is 14.5. The molecule has 0 saturated carbocycles. The summed E-state index contributed by atoms with van der Waals surface area (Å²) in [5.74, 6) is 0. The van der Waals surface area contributed by atoms with Crippen LogP contribution < -0.4 is 10.2 Å². The highest BCUT2D eigenvalue weighted by atomic mass is 15.2. The fourth-order valence-corrected chi connectivity index (χ4v) is 2.47. The van der Waals surface area contributed by atoms with Crippen molar-refractivity contribution in [2.45, 2.75) is 33.6 Å². The third kappa shape index (κ3) is 7.49. The molecular weight excluding hydrogens is 258 g/mol. The summed E-state index contributed by atoms with van der Waals surface area (Å²) in [4.78, 5) is 4.95. The Hall–Kier alpha value is -1.06. The van der Waals surface area contributed by atoms with Crippen LogP contribution in [0.3, 0.4) is 0 Å². The first-order valence-electron chi connectivity index (χ1n) is 8.54. The van der Waals surface area contributed by atoms with Crippen LogP contribution in [0.15, 0.2) is 30.3 Å². The second kappa shape index (κ2) is 11.6. The zero-order valence-electron chi connectivity index (χ0n) is 14.1. The molecule has 0 radical (unpaired) electrons. The summed E-state index contributed by atoms with van der Waals surface area (Å²) >= 11 is 0. The van der Waals surface area contributed by atoms with Crippen LogP contribution in [0, 0.1) is 0 Å². The molecule has 0 aliphatic carbocycles. The molecule has 1 N–H and O–H groups in total. The summed E-state index contributed by atoms with van der Waals surface area (Å²) in [7, 11) is 0. The van der Waals surface area contributed by atoms with Gasteiger partial charge in [-0.05, 0) is 31.6 Å². The predicted octanol–water partition coefficient (Wildman–Crippen LogP) is 3.22. The van der Waals surface area contributed by atoms with Gasteiger partial charge in [0.25, 0.3) is 0 Å². The lowest BCUT2D eigenvalue weighted by molar-refractivity contribution is 0.303. The molecule has 0 fully saturated rings. The van der Waals surface area contributed by atoms with Gasteiger partial charge < -0.3 is 15.1 Å². The van der Waals surface area contributed by atoms with Gasteiger partial charge in [-0.2, -0.15) is 0 Å². The van der Waals surface area contributed by atoms with Crippen LogP contribution in [-0.4, -0.2) is 50.7 Å². The molecule has 120 valence electrons. The van der Waals surface area contributed by atoms with Gasteiger partial charge in [0, 0.05) is 38.4 Å². The zero-order valence-corrected chi connectivity index (χ0v) is 14.1. The van der Waals surface area contributed by atoms with Crippen molar-refractivity contribution in [2.24, 2.45) is 0 Å². The Kier molecular flexibility index (Phi) is 9.92. The van der Waals surface area contributed by atoms with Crippen LogP contribution in [-0.2, 0) is 0 Å². The summed E-state index contributed by atoms with van der Waals surface area (Å²) in [6, 6.07) is 10.8. The molecule has 0 aromatic heterocycles. The SMILES string of the molecule is CCCCN(CCNCCN(CC)CC)c1ccccc1. The average molecular weight is 291 g/mol. The summed E-state index contributed by atoms with van der Waals surface area (Å²) in [5.41, 5.74) is 1.34. The number of benzene rings is 1. The minimum atomic E-state index is 1.06. The molecule has 0 atom stereocenters. The van der Waals surface area contributed by atoms with Crippen molar-refractivity contribution in [1.29, 1.82) is 0 Å². The highest BCUT2D eigenvalue weighted by Gasteiger charge is 2.05. The Labute approximate surface area is 131 Å². The number of anilines is 1. The third-order valence-corrected chi connectivity index (χ3v) is 3.96. The maximum Gasteiger partial charge on any atom is 0.0366 e. The third-order valence-electron chi connectivity index (χ3n) is 3.96. The monoisotopic (exact) mass is 291 g/mol. The molecule has 3 nitrogen and oxygen atoms in total. The van der Waals surface area contributed by atoms with E-state index >= 15 is 0 Å². The van der Waals surface area contributed by atoms with Crippen molar-refractivity contribution in [1.82, 2.24) is 10.2 Å². The number of unbranched alkanes of at least 4 members (excludes halogenated alkanes) is 1. The van der Waals surface area contributed by atoms with Crippen LogP contribution in [0.4, 0.5) is 5.69 Å². The number of hydrogen-bond acceptors (Lipinski definition) is 3. The highest BCUT2D eigenvalue weighted by molar-refractivity contribution is 5.45. The van der Waals surface area contributed by atoms with E-state index in [2.05, 4.69) is 66.2 Å². The topological polar surface area (TPSA) is 18.5 Å². The predicted molar refractivity (Wildman–Crippen MR) is 94.2 cm³/mol. The molecule has 0 amide bonds. The first-order valence-corrected chi connectivity index (χ1v) is 8.54. The van der Waals surface area contributed by atoms with Crippen molar-refractivity contribution in [3.8, 4) is 0 Å². The number of rotatable bonds is 12. The van der Waals surface area contributed by atoms with E-state index in [1.54, 1.807) is 0 Å². The molecule has 0 aliphatic rings. The summed E-state index contributed by atoms with van der Waals surface area (Å²) in [5, 5.41) is 3.58. The number of hydrogen-bond donors (Lipinski definition) is 1. The van der Waals surface area contributed by atoms with Gasteiger partial charge in [0.1, 0.15) is 0 Å². The Morgan fingerprint density at radius 2 is 1.52 bits per heavy atom. The number of nitrogens with one attached hydrogen (secondary N) is 1. The molecule has 0 heterocycles. The lowest BCUT2D eigenvalue weighted by atomic mass is 10.2. The van der Waals surface area contributed by atoms with E-state index in [0.717, 1.165) is 45.8 Å².